The van der Waals surface area contributed by atoms with Crippen LogP contribution < -0.4 is 24.8 Å². The van der Waals surface area contributed by atoms with Crippen molar-refractivity contribution in [2.75, 3.05) is 39.7 Å². The number of methoxy groups -OCH3 is 3. The number of carbonyl (C=O) groups excluding carboxylic acids is 1. The molecule has 1 aliphatic heterocycles. The summed E-state index contributed by atoms with van der Waals surface area (Å²) >= 11 is 0. The van der Waals surface area contributed by atoms with Crippen LogP contribution in [0, 0.1) is 0 Å². The summed E-state index contributed by atoms with van der Waals surface area (Å²) in [5.74, 6) is 1.47. The van der Waals surface area contributed by atoms with Gasteiger partial charge in [0.25, 0.3) is 0 Å². The average molecular weight is 385 g/mol. The Kier molecular flexibility index (Phi) is 6.60. The van der Waals surface area contributed by atoms with Crippen molar-refractivity contribution in [1.29, 1.82) is 0 Å². The molecule has 2 aromatic carbocycles. The molecule has 150 valence electrons. The number of hydrogen-bond donors (Lipinski definition) is 2. The maximum Gasteiger partial charge on any atom is 0.319 e. The highest BCUT2D eigenvalue weighted by molar-refractivity contribution is 5.90. The van der Waals surface area contributed by atoms with Crippen molar-refractivity contribution in [3.05, 3.63) is 48.0 Å². The van der Waals surface area contributed by atoms with Crippen molar-refractivity contribution in [3.8, 4) is 17.2 Å². The third-order valence-corrected chi connectivity index (χ3v) is 4.78. The number of urea groups is 1. The SMILES string of the molecule is COc1cc(NC(=O)NC2CCN(Cc3ccccc3)C2)cc(OC)c1OC. The Bertz CT molecular complexity index is 772. The molecule has 2 aromatic rings. The van der Waals surface area contributed by atoms with Crippen LogP contribution in [0.2, 0.25) is 0 Å². The van der Waals surface area contributed by atoms with Crippen LogP contribution in [0.3, 0.4) is 0 Å². The molecule has 0 aromatic heterocycles. The van der Waals surface area contributed by atoms with Crippen LogP contribution in [0.5, 0.6) is 17.2 Å². The van der Waals surface area contributed by atoms with E-state index in [0.717, 1.165) is 26.1 Å². The number of nitrogens with zero attached hydrogens (tertiary/aromatic N) is 1. The Morgan fingerprint density at radius 2 is 1.75 bits per heavy atom. The van der Waals surface area contributed by atoms with E-state index < -0.39 is 0 Å². The van der Waals surface area contributed by atoms with Gasteiger partial charge in [-0.15, -0.1) is 0 Å². The fraction of sp³-hybridized carbons (Fsp3) is 0.381. The van der Waals surface area contributed by atoms with Gasteiger partial charge in [0.05, 0.1) is 27.0 Å². The molecule has 0 spiro atoms. The van der Waals surface area contributed by atoms with E-state index in [1.807, 2.05) is 18.2 Å². The second-order valence-electron chi connectivity index (χ2n) is 6.72. The number of benzene rings is 2. The quantitative estimate of drug-likeness (QED) is 0.766. The predicted octanol–water partition coefficient (Wildman–Crippen LogP) is 3.11. The number of rotatable bonds is 7. The van der Waals surface area contributed by atoms with Crippen LogP contribution in [-0.2, 0) is 6.54 Å². The Balaban J connectivity index is 1.56. The topological polar surface area (TPSA) is 72.1 Å². The van der Waals surface area contributed by atoms with Gasteiger partial charge in [0, 0.05) is 37.8 Å². The normalized spacial score (nSPS) is 16.5. The molecule has 1 aliphatic rings. The Hall–Kier alpha value is -2.93. The predicted molar refractivity (Wildman–Crippen MR) is 108 cm³/mol. The lowest BCUT2D eigenvalue weighted by Gasteiger charge is -2.18. The zero-order valence-electron chi connectivity index (χ0n) is 16.5. The summed E-state index contributed by atoms with van der Waals surface area (Å²) in [4.78, 5) is 14.8. The van der Waals surface area contributed by atoms with Gasteiger partial charge in [-0.1, -0.05) is 30.3 Å². The van der Waals surface area contributed by atoms with E-state index in [9.17, 15) is 4.79 Å². The van der Waals surface area contributed by atoms with E-state index in [1.165, 1.54) is 5.56 Å². The molecule has 2 N–H and O–H groups in total. The number of nitrogens with one attached hydrogen (secondary N) is 2. The minimum absolute atomic E-state index is 0.116. The molecule has 2 amide bonds. The highest BCUT2D eigenvalue weighted by Crippen LogP contribution is 2.39. The molecule has 0 saturated carbocycles. The second kappa shape index (κ2) is 9.32. The van der Waals surface area contributed by atoms with Crippen LogP contribution in [0.4, 0.5) is 10.5 Å². The van der Waals surface area contributed by atoms with Crippen LogP contribution in [0.25, 0.3) is 0 Å². The first kappa shape index (κ1) is 19.8. The van der Waals surface area contributed by atoms with E-state index in [1.54, 1.807) is 33.5 Å². The molecule has 3 rings (SSSR count). The zero-order valence-corrected chi connectivity index (χ0v) is 16.5. The summed E-state index contributed by atoms with van der Waals surface area (Å²) in [6, 6.07) is 13.6. The van der Waals surface area contributed by atoms with Gasteiger partial charge in [-0.2, -0.15) is 0 Å². The summed E-state index contributed by atoms with van der Waals surface area (Å²) in [7, 11) is 4.63. The average Bonchev–Trinajstić information content (AvgIpc) is 3.14. The molecule has 28 heavy (non-hydrogen) atoms. The molecule has 0 bridgehead atoms. The van der Waals surface area contributed by atoms with Gasteiger partial charge >= 0.3 is 6.03 Å². The van der Waals surface area contributed by atoms with Gasteiger partial charge in [0.15, 0.2) is 11.5 Å². The smallest absolute Gasteiger partial charge is 0.319 e. The molecule has 1 atom stereocenters. The molecular weight excluding hydrogens is 358 g/mol. The molecule has 0 aliphatic carbocycles. The van der Waals surface area contributed by atoms with Crippen LogP contribution in [-0.4, -0.2) is 51.4 Å². The number of carbonyl (C=O) groups is 1. The lowest BCUT2D eigenvalue weighted by atomic mass is 10.2. The van der Waals surface area contributed by atoms with Gasteiger partial charge < -0.3 is 24.8 Å². The second-order valence-corrected chi connectivity index (χ2v) is 6.72. The molecule has 7 nitrogen and oxygen atoms in total. The summed E-state index contributed by atoms with van der Waals surface area (Å²) in [5.41, 5.74) is 1.86. The molecule has 0 radical (unpaired) electrons. The largest absolute Gasteiger partial charge is 0.493 e. The first-order chi connectivity index (χ1) is 13.6. The molecule has 7 heteroatoms. The number of hydrogen-bond acceptors (Lipinski definition) is 5. The standard InChI is InChI=1S/C21H27N3O4/c1-26-18-11-17(12-19(27-2)20(18)28-3)23-21(25)22-16-9-10-24(14-16)13-15-7-5-4-6-8-15/h4-8,11-12,16H,9-10,13-14H2,1-3H3,(H2,22,23,25). The molecule has 1 saturated heterocycles. The molecule has 1 fully saturated rings. The fourth-order valence-electron chi connectivity index (χ4n) is 3.44. The van der Waals surface area contributed by atoms with Crippen molar-refractivity contribution in [2.45, 2.75) is 19.0 Å². The summed E-state index contributed by atoms with van der Waals surface area (Å²) in [6.07, 6.45) is 0.926. The maximum atomic E-state index is 12.4. The first-order valence-corrected chi connectivity index (χ1v) is 9.26. The number of anilines is 1. The van der Waals surface area contributed by atoms with Crippen molar-refractivity contribution < 1.29 is 19.0 Å². The van der Waals surface area contributed by atoms with Crippen molar-refractivity contribution in [3.63, 3.8) is 0 Å². The maximum absolute atomic E-state index is 12.4. The van der Waals surface area contributed by atoms with Crippen LogP contribution in [0.1, 0.15) is 12.0 Å². The van der Waals surface area contributed by atoms with E-state index in [2.05, 4.69) is 27.7 Å². The highest BCUT2D eigenvalue weighted by Gasteiger charge is 2.24. The first-order valence-electron chi connectivity index (χ1n) is 9.26. The molecule has 1 unspecified atom stereocenters. The lowest BCUT2D eigenvalue weighted by Crippen LogP contribution is -2.39. The summed E-state index contributed by atoms with van der Waals surface area (Å²) in [6.45, 7) is 2.69. The third kappa shape index (κ3) is 4.86. The third-order valence-electron chi connectivity index (χ3n) is 4.78. The lowest BCUT2D eigenvalue weighted by molar-refractivity contribution is 0.247. The number of amides is 2. The van der Waals surface area contributed by atoms with Gasteiger partial charge in [0.1, 0.15) is 0 Å². The van der Waals surface area contributed by atoms with Gasteiger partial charge in [0.2, 0.25) is 5.75 Å². The van der Waals surface area contributed by atoms with Gasteiger partial charge in [-0.05, 0) is 12.0 Å². The molecular formula is C21H27N3O4. The Labute approximate surface area is 165 Å². The van der Waals surface area contributed by atoms with E-state index in [-0.39, 0.29) is 12.1 Å². The Morgan fingerprint density at radius 3 is 2.36 bits per heavy atom. The minimum atomic E-state index is -0.249. The van der Waals surface area contributed by atoms with Gasteiger partial charge in [-0.3, -0.25) is 4.90 Å². The van der Waals surface area contributed by atoms with Crippen LogP contribution >= 0.6 is 0 Å². The number of likely N-dealkylation sites (tertiary alicyclic amines) is 1. The van der Waals surface area contributed by atoms with E-state index >= 15 is 0 Å². The van der Waals surface area contributed by atoms with Gasteiger partial charge in [-0.25, -0.2) is 4.79 Å². The van der Waals surface area contributed by atoms with Crippen molar-refractivity contribution in [1.82, 2.24) is 10.2 Å². The summed E-state index contributed by atoms with van der Waals surface area (Å²) < 4.78 is 15.9. The monoisotopic (exact) mass is 385 g/mol. The van der Waals surface area contributed by atoms with E-state index in [4.69, 9.17) is 14.2 Å². The van der Waals surface area contributed by atoms with Crippen molar-refractivity contribution >= 4 is 11.7 Å². The summed E-state index contributed by atoms with van der Waals surface area (Å²) in [5, 5.41) is 5.89. The highest BCUT2D eigenvalue weighted by atomic mass is 16.5. The minimum Gasteiger partial charge on any atom is -0.493 e. The zero-order chi connectivity index (χ0) is 19.9. The Morgan fingerprint density at radius 1 is 1.07 bits per heavy atom. The fourth-order valence-corrected chi connectivity index (χ4v) is 3.44. The molecule has 1 heterocycles. The van der Waals surface area contributed by atoms with Crippen LogP contribution in [0.15, 0.2) is 42.5 Å². The van der Waals surface area contributed by atoms with E-state index in [0.29, 0.717) is 22.9 Å². The number of ether oxygens (including phenoxy) is 3. The van der Waals surface area contributed by atoms with Crippen molar-refractivity contribution in [2.24, 2.45) is 0 Å².